The third-order valence-corrected chi connectivity index (χ3v) is 4.73. The van der Waals surface area contributed by atoms with E-state index >= 15 is 0 Å². The van der Waals surface area contributed by atoms with E-state index in [1.54, 1.807) is 0 Å². The van der Waals surface area contributed by atoms with E-state index in [1.165, 1.54) is 19.3 Å². The zero-order valence-electron chi connectivity index (χ0n) is 15.6. The maximum Gasteiger partial charge on any atom is 0.190 e. The maximum absolute atomic E-state index is 6.18. The second-order valence-electron chi connectivity index (χ2n) is 7.83. The van der Waals surface area contributed by atoms with Crippen molar-refractivity contribution in [2.75, 3.05) is 13.2 Å². The molecular weight excluding hydrogens is 312 g/mol. The number of hydrogen-bond donors (Lipinski definition) is 0. The highest BCUT2D eigenvalue weighted by Gasteiger charge is 2.58. The van der Waals surface area contributed by atoms with Crippen LogP contribution in [0.3, 0.4) is 0 Å². The fourth-order valence-electron chi connectivity index (χ4n) is 3.62. The molecule has 0 saturated carbocycles. The molecule has 0 unspecified atom stereocenters. The molecule has 0 aromatic heterocycles. The van der Waals surface area contributed by atoms with Gasteiger partial charge in [-0.3, -0.25) is 0 Å². The molecule has 0 aromatic rings. The lowest BCUT2D eigenvalue weighted by atomic mass is 10.1. The second kappa shape index (κ2) is 7.17. The van der Waals surface area contributed by atoms with Crippen molar-refractivity contribution in [3.05, 3.63) is 0 Å². The van der Waals surface area contributed by atoms with Gasteiger partial charge < -0.3 is 28.4 Å². The minimum Gasteiger partial charge on any atom is -0.372 e. The molecule has 6 heteroatoms. The van der Waals surface area contributed by atoms with Gasteiger partial charge in [0, 0.05) is 6.61 Å². The summed E-state index contributed by atoms with van der Waals surface area (Å²) in [6, 6.07) is 0. The molecule has 0 spiro atoms. The highest BCUT2D eigenvalue weighted by molar-refractivity contribution is 4.98. The van der Waals surface area contributed by atoms with E-state index < -0.39 is 17.9 Å². The first kappa shape index (κ1) is 18.5. The molecule has 3 saturated heterocycles. The summed E-state index contributed by atoms with van der Waals surface area (Å²) < 4.78 is 35.9. The summed E-state index contributed by atoms with van der Waals surface area (Å²) in [4.78, 5) is 0. The summed E-state index contributed by atoms with van der Waals surface area (Å²) in [5.41, 5.74) is 0. The Morgan fingerprint density at radius 1 is 0.917 bits per heavy atom. The molecule has 5 atom stereocenters. The van der Waals surface area contributed by atoms with E-state index in [1.807, 2.05) is 27.7 Å². The van der Waals surface area contributed by atoms with Crippen LogP contribution in [0, 0.1) is 0 Å². The lowest BCUT2D eigenvalue weighted by molar-refractivity contribution is -0.236. The summed E-state index contributed by atoms with van der Waals surface area (Å²) in [5, 5.41) is 0. The molecule has 3 rings (SSSR count). The normalized spacial score (nSPS) is 40.1. The number of unbranched alkanes of at least 4 members (excludes halogenated alkanes) is 3. The molecule has 0 amide bonds. The highest BCUT2D eigenvalue weighted by atomic mass is 16.8. The van der Waals surface area contributed by atoms with Crippen molar-refractivity contribution in [1.29, 1.82) is 0 Å². The predicted octanol–water partition coefficient (Wildman–Crippen LogP) is 2.98. The molecule has 0 aliphatic carbocycles. The van der Waals surface area contributed by atoms with E-state index in [4.69, 9.17) is 28.4 Å². The van der Waals surface area contributed by atoms with Gasteiger partial charge in [-0.25, -0.2) is 0 Å². The van der Waals surface area contributed by atoms with Gasteiger partial charge in [0.15, 0.2) is 17.9 Å². The Hall–Kier alpha value is -0.240. The molecule has 3 aliphatic heterocycles. The lowest BCUT2D eigenvalue weighted by Crippen LogP contribution is -2.44. The van der Waals surface area contributed by atoms with Crippen molar-refractivity contribution in [2.24, 2.45) is 0 Å². The van der Waals surface area contributed by atoms with Crippen LogP contribution in [0.5, 0.6) is 0 Å². The first-order chi connectivity index (χ1) is 11.3. The van der Waals surface area contributed by atoms with Crippen LogP contribution in [-0.2, 0) is 28.4 Å². The third kappa shape index (κ3) is 4.11. The molecule has 3 heterocycles. The van der Waals surface area contributed by atoms with Crippen LogP contribution in [0.15, 0.2) is 0 Å². The van der Waals surface area contributed by atoms with Crippen molar-refractivity contribution in [2.45, 2.75) is 103 Å². The number of rotatable bonds is 7. The summed E-state index contributed by atoms with van der Waals surface area (Å²) >= 11 is 0. The molecule has 3 fully saturated rings. The van der Waals surface area contributed by atoms with Crippen LogP contribution in [0.25, 0.3) is 0 Å². The van der Waals surface area contributed by atoms with Crippen molar-refractivity contribution < 1.29 is 28.4 Å². The van der Waals surface area contributed by atoms with Crippen LogP contribution < -0.4 is 0 Å². The maximum atomic E-state index is 6.18. The third-order valence-electron chi connectivity index (χ3n) is 4.73. The van der Waals surface area contributed by atoms with E-state index in [0.29, 0.717) is 13.2 Å². The Bertz CT molecular complexity index is 424. The molecule has 0 N–H and O–H groups in total. The fourth-order valence-corrected chi connectivity index (χ4v) is 3.62. The number of ether oxygens (including phenoxy) is 6. The Kier molecular flexibility index (Phi) is 5.54. The number of fused-ring (bicyclic) bond motifs is 1. The van der Waals surface area contributed by atoms with Crippen LogP contribution in [0.4, 0.5) is 0 Å². The van der Waals surface area contributed by atoms with Gasteiger partial charge in [-0.2, -0.15) is 0 Å². The van der Waals surface area contributed by atoms with Gasteiger partial charge in [0.25, 0.3) is 0 Å². The lowest BCUT2D eigenvalue weighted by Gasteiger charge is -2.29. The molecule has 0 radical (unpaired) electrons. The predicted molar refractivity (Wildman–Crippen MR) is 87.5 cm³/mol. The number of hydrogen-bond acceptors (Lipinski definition) is 6. The standard InChI is InChI=1S/C18H32O6/c1-6-7-8-9-10-19-14-13(12-11-20-17(2,3)22-12)21-16-15(14)23-18(4,5)24-16/h12-16H,6-11H2,1-5H3/t12-,13+,14-,15+,16+/m0/s1. The SMILES string of the molecule is CCCCCCO[C@@H]1[C@H]2OC(C)(C)O[C@H]2O[C@@H]1[C@@H]1COC(C)(C)O1. The van der Waals surface area contributed by atoms with Gasteiger partial charge in [-0.05, 0) is 34.1 Å². The van der Waals surface area contributed by atoms with Gasteiger partial charge in [-0.15, -0.1) is 0 Å². The average Bonchev–Trinajstić information content (AvgIpc) is 3.09. The quantitative estimate of drug-likeness (QED) is 0.662. The van der Waals surface area contributed by atoms with Crippen molar-refractivity contribution >= 4 is 0 Å². The van der Waals surface area contributed by atoms with Gasteiger partial charge in [-0.1, -0.05) is 26.2 Å². The van der Waals surface area contributed by atoms with Crippen LogP contribution in [0.1, 0.15) is 60.3 Å². The monoisotopic (exact) mass is 344 g/mol. The zero-order valence-corrected chi connectivity index (χ0v) is 15.6. The Morgan fingerprint density at radius 2 is 1.71 bits per heavy atom. The summed E-state index contributed by atoms with van der Waals surface area (Å²) in [6.07, 6.45) is 3.47. The van der Waals surface area contributed by atoms with Crippen molar-refractivity contribution in [1.82, 2.24) is 0 Å². The molecule has 0 bridgehead atoms. The van der Waals surface area contributed by atoms with E-state index in [2.05, 4.69) is 6.92 Å². The minimum atomic E-state index is -0.642. The smallest absolute Gasteiger partial charge is 0.190 e. The van der Waals surface area contributed by atoms with Gasteiger partial charge in [0.1, 0.15) is 24.4 Å². The minimum absolute atomic E-state index is 0.165. The van der Waals surface area contributed by atoms with E-state index in [-0.39, 0.29) is 24.4 Å². The van der Waals surface area contributed by atoms with Crippen LogP contribution in [-0.4, -0.2) is 55.5 Å². The second-order valence-corrected chi connectivity index (χ2v) is 7.83. The molecule has 140 valence electrons. The summed E-state index contributed by atoms with van der Waals surface area (Å²) in [5.74, 6) is -1.23. The van der Waals surface area contributed by atoms with Crippen molar-refractivity contribution in [3.8, 4) is 0 Å². The fraction of sp³-hybridized carbons (Fsp3) is 1.00. The van der Waals surface area contributed by atoms with E-state index in [9.17, 15) is 0 Å². The Morgan fingerprint density at radius 3 is 2.38 bits per heavy atom. The van der Waals surface area contributed by atoms with Gasteiger partial charge in [0.2, 0.25) is 0 Å². The molecular formula is C18H32O6. The molecule has 6 nitrogen and oxygen atoms in total. The topological polar surface area (TPSA) is 55.4 Å². The molecule has 0 aromatic carbocycles. The Labute approximate surface area is 145 Å². The first-order valence-electron chi connectivity index (χ1n) is 9.26. The largest absolute Gasteiger partial charge is 0.372 e. The van der Waals surface area contributed by atoms with Crippen LogP contribution in [0.2, 0.25) is 0 Å². The summed E-state index contributed by atoms with van der Waals surface area (Å²) in [6.45, 7) is 11.0. The van der Waals surface area contributed by atoms with E-state index in [0.717, 1.165) is 6.42 Å². The Balaban J connectivity index is 1.62. The van der Waals surface area contributed by atoms with Gasteiger partial charge in [0.05, 0.1) is 6.61 Å². The molecule has 3 aliphatic rings. The summed E-state index contributed by atoms with van der Waals surface area (Å²) in [7, 11) is 0. The van der Waals surface area contributed by atoms with Crippen molar-refractivity contribution in [3.63, 3.8) is 0 Å². The molecule has 24 heavy (non-hydrogen) atoms. The first-order valence-corrected chi connectivity index (χ1v) is 9.26. The van der Waals surface area contributed by atoms with Gasteiger partial charge >= 0.3 is 0 Å². The average molecular weight is 344 g/mol. The zero-order chi connectivity index (χ0) is 17.4. The van der Waals surface area contributed by atoms with Crippen LogP contribution >= 0.6 is 0 Å². The highest BCUT2D eigenvalue weighted by Crippen LogP contribution is 2.41.